The molecule has 0 heterocycles. The minimum atomic E-state index is -0.0664. The molecule has 32 heavy (non-hydrogen) atoms. The summed E-state index contributed by atoms with van der Waals surface area (Å²) in [6.07, 6.45) is 2.47. The van der Waals surface area contributed by atoms with E-state index in [1.165, 1.54) is 12.1 Å². The van der Waals surface area contributed by atoms with Gasteiger partial charge in [-0.1, -0.05) is 78.8 Å². The van der Waals surface area contributed by atoms with Gasteiger partial charge in [0, 0.05) is 34.0 Å². The Morgan fingerprint density at radius 2 is 1.06 bits per heavy atom. The molecule has 0 amide bonds. The van der Waals surface area contributed by atoms with Crippen LogP contribution in [0.5, 0.6) is 17.2 Å². The number of phenols is 3. The first kappa shape index (κ1) is 24.9. The first-order chi connectivity index (χ1) is 15.1. The van der Waals surface area contributed by atoms with Gasteiger partial charge in [0.25, 0.3) is 0 Å². The lowest BCUT2D eigenvalue weighted by molar-refractivity contribution is 0.456. The molecule has 0 saturated heterocycles. The fourth-order valence-electron chi connectivity index (χ4n) is 3.86. The van der Waals surface area contributed by atoms with E-state index in [-0.39, 0.29) is 46.1 Å². The molecular formula is C25H24Cl4O3. The van der Waals surface area contributed by atoms with E-state index in [1.807, 2.05) is 12.1 Å². The molecule has 0 unspecified atom stereocenters. The highest BCUT2D eigenvalue weighted by Gasteiger charge is 2.18. The summed E-state index contributed by atoms with van der Waals surface area (Å²) in [6.45, 7) is 4.25. The largest absolute Gasteiger partial charge is 0.507 e. The molecule has 3 N–H and O–H groups in total. The minimum absolute atomic E-state index is 0.0664. The van der Waals surface area contributed by atoms with E-state index in [0.29, 0.717) is 32.3 Å². The standard InChI is InChI=1S/C25H24Cl4O3/c1-3-4-13(2)14-5-15(7-17-9-19(26)11-21(28)24(17)31)23(30)16(6-14)8-18-10-20(27)12-22(29)25(18)32/h5-6,9-13,30-32H,3-4,7-8H2,1-2H3/t13-/m1/s1. The fraction of sp³-hybridized carbons (Fsp3) is 0.280. The third kappa shape index (κ3) is 5.58. The van der Waals surface area contributed by atoms with Crippen molar-refractivity contribution in [2.45, 2.75) is 45.4 Å². The third-order valence-corrected chi connectivity index (χ3v) is 6.57. The Kier molecular flexibility index (Phi) is 8.11. The smallest absolute Gasteiger partial charge is 0.137 e. The Balaban J connectivity index is 2.11. The van der Waals surface area contributed by atoms with Crippen LogP contribution in [0.3, 0.4) is 0 Å². The van der Waals surface area contributed by atoms with E-state index in [9.17, 15) is 15.3 Å². The monoisotopic (exact) mass is 512 g/mol. The summed E-state index contributed by atoms with van der Waals surface area (Å²) in [5.41, 5.74) is 3.33. The predicted octanol–water partition coefficient (Wildman–Crippen LogP) is 8.50. The maximum absolute atomic E-state index is 11.1. The Labute approximate surface area is 208 Å². The van der Waals surface area contributed by atoms with Gasteiger partial charge in [0.15, 0.2) is 0 Å². The SMILES string of the molecule is CCC[C@@H](C)c1cc(Cc2cc(Cl)cc(Cl)c2O)c(O)c(Cc2cc(Cl)cc(Cl)c2O)c1. The molecule has 3 aromatic rings. The van der Waals surface area contributed by atoms with Crippen LogP contribution in [-0.2, 0) is 12.8 Å². The molecule has 0 aromatic heterocycles. The van der Waals surface area contributed by atoms with Crippen LogP contribution in [0.2, 0.25) is 20.1 Å². The lowest BCUT2D eigenvalue weighted by Crippen LogP contribution is -2.01. The Morgan fingerprint density at radius 3 is 1.47 bits per heavy atom. The van der Waals surface area contributed by atoms with Crippen molar-refractivity contribution in [3.8, 4) is 17.2 Å². The van der Waals surface area contributed by atoms with Crippen molar-refractivity contribution in [3.05, 3.63) is 84.3 Å². The molecule has 3 rings (SSSR count). The second-order valence-corrected chi connectivity index (χ2v) is 9.71. The molecule has 0 aliphatic rings. The molecule has 0 aliphatic heterocycles. The Hall–Kier alpha value is -1.78. The average molecular weight is 514 g/mol. The minimum Gasteiger partial charge on any atom is -0.507 e. The van der Waals surface area contributed by atoms with Gasteiger partial charge in [0.2, 0.25) is 0 Å². The number of phenolic OH excluding ortho intramolecular Hbond substituents is 3. The zero-order chi connectivity index (χ0) is 23.6. The van der Waals surface area contributed by atoms with Gasteiger partial charge in [0.1, 0.15) is 17.2 Å². The molecule has 170 valence electrons. The maximum atomic E-state index is 11.1. The zero-order valence-corrected chi connectivity index (χ0v) is 20.7. The number of aromatic hydroxyl groups is 3. The Morgan fingerprint density at radius 1 is 0.656 bits per heavy atom. The van der Waals surface area contributed by atoms with E-state index in [1.54, 1.807) is 12.1 Å². The van der Waals surface area contributed by atoms with E-state index in [2.05, 4.69) is 13.8 Å². The van der Waals surface area contributed by atoms with Crippen molar-refractivity contribution >= 4 is 46.4 Å². The number of rotatable bonds is 7. The third-order valence-electron chi connectivity index (χ3n) is 5.56. The molecule has 3 nitrogen and oxygen atoms in total. The van der Waals surface area contributed by atoms with Crippen molar-refractivity contribution in [3.63, 3.8) is 0 Å². The second kappa shape index (κ2) is 10.4. The van der Waals surface area contributed by atoms with Crippen molar-refractivity contribution < 1.29 is 15.3 Å². The molecule has 1 atom stereocenters. The van der Waals surface area contributed by atoms with Crippen LogP contribution in [0.25, 0.3) is 0 Å². The summed E-state index contributed by atoms with van der Waals surface area (Å²) >= 11 is 24.4. The van der Waals surface area contributed by atoms with Crippen LogP contribution in [0.4, 0.5) is 0 Å². The van der Waals surface area contributed by atoms with Gasteiger partial charge in [-0.05, 0) is 53.3 Å². The predicted molar refractivity (Wildman–Crippen MR) is 133 cm³/mol. The van der Waals surface area contributed by atoms with Crippen molar-refractivity contribution in [1.29, 1.82) is 0 Å². The first-order valence-electron chi connectivity index (χ1n) is 10.3. The molecule has 0 spiro atoms. The molecule has 0 bridgehead atoms. The van der Waals surface area contributed by atoms with Crippen LogP contribution in [-0.4, -0.2) is 15.3 Å². The molecule has 0 saturated carbocycles. The van der Waals surface area contributed by atoms with E-state index >= 15 is 0 Å². The van der Waals surface area contributed by atoms with E-state index in [0.717, 1.165) is 18.4 Å². The molecular weight excluding hydrogens is 490 g/mol. The molecule has 0 aliphatic carbocycles. The summed E-state index contributed by atoms with van der Waals surface area (Å²) in [5.74, 6) is 0.196. The van der Waals surface area contributed by atoms with Gasteiger partial charge >= 0.3 is 0 Å². The maximum Gasteiger partial charge on any atom is 0.137 e. The van der Waals surface area contributed by atoms with Crippen molar-refractivity contribution in [2.24, 2.45) is 0 Å². The fourth-order valence-corrected chi connectivity index (χ4v) is 4.93. The number of hydrogen-bond acceptors (Lipinski definition) is 3. The van der Waals surface area contributed by atoms with Gasteiger partial charge in [-0.15, -0.1) is 0 Å². The van der Waals surface area contributed by atoms with Gasteiger partial charge < -0.3 is 15.3 Å². The Bertz CT molecular complexity index is 1060. The lowest BCUT2D eigenvalue weighted by atomic mass is 9.89. The van der Waals surface area contributed by atoms with Crippen LogP contribution in [0.15, 0.2) is 36.4 Å². The highest BCUT2D eigenvalue weighted by Crippen LogP contribution is 2.39. The summed E-state index contributed by atoms with van der Waals surface area (Å²) in [6, 6.07) is 10.1. The van der Waals surface area contributed by atoms with E-state index < -0.39 is 0 Å². The highest BCUT2D eigenvalue weighted by molar-refractivity contribution is 6.36. The van der Waals surface area contributed by atoms with Crippen LogP contribution >= 0.6 is 46.4 Å². The highest BCUT2D eigenvalue weighted by atomic mass is 35.5. The average Bonchev–Trinajstić information content (AvgIpc) is 2.72. The van der Waals surface area contributed by atoms with Gasteiger partial charge in [-0.2, -0.15) is 0 Å². The first-order valence-corrected chi connectivity index (χ1v) is 11.8. The van der Waals surface area contributed by atoms with Gasteiger partial charge in [-0.25, -0.2) is 0 Å². The molecule has 3 aromatic carbocycles. The summed E-state index contributed by atoms with van der Waals surface area (Å²) < 4.78 is 0. The van der Waals surface area contributed by atoms with Crippen molar-refractivity contribution in [2.75, 3.05) is 0 Å². The van der Waals surface area contributed by atoms with Gasteiger partial charge in [-0.3, -0.25) is 0 Å². The molecule has 7 heteroatoms. The molecule has 0 radical (unpaired) electrons. The van der Waals surface area contributed by atoms with E-state index in [4.69, 9.17) is 46.4 Å². The topological polar surface area (TPSA) is 60.7 Å². The number of benzene rings is 3. The lowest BCUT2D eigenvalue weighted by Gasteiger charge is -2.18. The van der Waals surface area contributed by atoms with Crippen LogP contribution < -0.4 is 0 Å². The number of hydrogen-bond donors (Lipinski definition) is 3. The quantitative estimate of drug-likeness (QED) is 0.296. The van der Waals surface area contributed by atoms with Crippen LogP contribution in [0.1, 0.15) is 60.4 Å². The van der Waals surface area contributed by atoms with Crippen LogP contribution in [0, 0.1) is 0 Å². The zero-order valence-electron chi connectivity index (χ0n) is 17.7. The summed E-state index contributed by atoms with van der Waals surface area (Å²) in [7, 11) is 0. The number of halogens is 4. The van der Waals surface area contributed by atoms with Crippen molar-refractivity contribution in [1.82, 2.24) is 0 Å². The summed E-state index contributed by atoms with van der Waals surface area (Å²) in [4.78, 5) is 0. The van der Waals surface area contributed by atoms with Gasteiger partial charge in [0.05, 0.1) is 10.0 Å². The molecule has 0 fully saturated rings. The normalized spacial score (nSPS) is 12.2. The second-order valence-electron chi connectivity index (χ2n) is 8.02. The summed E-state index contributed by atoms with van der Waals surface area (Å²) in [5, 5.41) is 33.0.